The number of aryl methyl sites for hydroxylation is 1. The third-order valence-corrected chi connectivity index (χ3v) is 5.74. The summed E-state index contributed by atoms with van der Waals surface area (Å²) in [5, 5.41) is 0. The highest BCUT2D eigenvalue weighted by Gasteiger charge is 2.23. The van der Waals surface area contributed by atoms with E-state index in [2.05, 4.69) is 42.9 Å². The molecule has 0 amide bonds. The largest absolute Gasteiger partial charge is 0.398 e. The van der Waals surface area contributed by atoms with Crippen LogP contribution < -0.4 is 5.73 Å². The Hall–Kier alpha value is -3.11. The monoisotopic (exact) mass is 417 g/mol. The summed E-state index contributed by atoms with van der Waals surface area (Å²) >= 11 is 0. The second-order valence-electron chi connectivity index (χ2n) is 8.16. The summed E-state index contributed by atoms with van der Waals surface area (Å²) in [4.78, 5) is 4.74. The molecule has 3 rings (SSSR count). The highest BCUT2D eigenvalue weighted by atomic mass is 19.1. The molecule has 2 aromatic rings. The number of halogens is 1. The molecule has 3 nitrogen and oxygen atoms in total. The highest BCUT2D eigenvalue weighted by Crippen LogP contribution is 2.23. The van der Waals surface area contributed by atoms with Crippen LogP contribution in [0, 0.1) is 12.7 Å². The number of anilines is 1. The van der Waals surface area contributed by atoms with Crippen molar-refractivity contribution in [2.75, 3.05) is 25.4 Å². The van der Waals surface area contributed by atoms with Crippen molar-refractivity contribution in [1.29, 1.82) is 0 Å². The van der Waals surface area contributed by atoms with Crippen molar-refractivity contribution in [3.05, 3.63) is 102 Å². The van der Waals surface area contributed by atoms with Gasteiger partial charge in [0.05, 0.1) is 0 Å². The minimum atomic E-state index is -0.192. The maximum Gasteiger partial charge on any atom is 0.123 e. The van der Waals surface area contributed by atoms with Crippen molar-refractivity contribution in [3.8, 4) is 0 Å². The first-order valence-corrected chi connectivity index (χ1v) is 10.7. The van der Waals surface area contributed by atoms with Crippen molar-refractivity contribution >= 4 is 17.8 Å². The molecule has 0 spiro atoms. The van der Waals surface area contributed by atoms with Gasteiger partial charge in [0.25, 0.3) is 0 Å². The van der Waals surface area contributed by atoms with Crippen LogP contribution in [0.1, 0.15) is 29.2 Å². The zero-order valence-electron chi connectivity index (χ0n) is 18.5. The number of nitrogen functional groups attached to an aromatic ring is 1. The molecule has 0 saturated carbocycles. The van der Waals surface area contributed by atoms with Crippen LogP contribution in [0.4, 0.5) is 10.1 Å². The molecule has 162 valence electrons. The average Bonchev–Trinajstić information content (AvgIpc) is 2.74. The molecule has 4 heteroatoms. The Morgan fingerprint density at radius 3 is 2.58 bits per heavy atom. The van der Waals surface area contributed by atoms with Crippen LogP contribution in [0.5, 0.6) is 0 Å². The predicted molar refractivity (Wildman–Crippen MR) is 131 cm³/mol. The molecular weight excluding hydrogens is 385 g/mol. The van der Waals surface area contributed by atoms with Crippen LogP contribution in [-0.2, 0) is 6.54 Å². The topological polar surface area (TPSA) is 32.5 Å². The van der Waals surface area contributed by atoms with Crippen molar-refractivity contribution < 1.29 is 4.39 Å². The quantitative estimate of drug-likeness (QED) is 0.467. The molecule has 0 bridgehead atoms. The van der Waals surface area contributed by atoms with Gasteiger partial charge >= 0.3 is 0 Å². The first-order valence-electron chi connectivity index (χ1n) is 10.7. The second kappa shape index (κ2) is 10.3. The summed E-state index contributed by atoms with van der Waals surface area (Å²) in [6.07, 6.45) is 9.83. The maximum absolute atomic E-state index is 13.1. The molecular formula is C27H32FN3. The molecule has 1 aliphatic rings. The molecule has 1 saturated heterocycles. The number of hydrogen-bond donors (Lipinski definition) is 1. The van der Waals surface area contributed by atoms with Gasteiger partial charge in [-0.05, 0) is 66.4 Å². The van der Waals surface area contributed by atoms with E-state index in [1.165, 1.54) is 12.1 Å². The zero-order chi connectivity index (χ0) is 22.4. The lowest BCUT2D eigenvalue weighted by molar-refractivity contribution is 0.109. The normalized spacial score (nSPS) is 17.5. The van der Waals surface area contributed by atoms with Crippen molar-refractivity contribution in [2.24, 2.45) is 0 Å². The summed E-state index contributed by atoms with van der Waals surface area (Å²) < 4.78 is 13.1. The van der Waals surface area contributed by atoms with E-state index in [-0.39, 0.29) is 5.82 Å². The van der Waals surface area contributed by atoms with Gasteiger partial charge in [-0.1, -0.05) is 49.6 Å². The van der Waals surface area contributed by atoms with E-state index >= 15 is 0 Å². The van der Waals surface area contributed by atoms with Crippen molar-refractivity contribution in [2.45, 2.75) is 26.4 Å². The summed E-state index contributed by atoms with van der Waals surface area (Å²) in [5.74, 6) is -0.192. The first-order chi connectivity index (χ1) is 14.9. The molecule has 0 unspecified atom stereocenters. The van der Waals surface area contributed by atoms with Crippen LogP contribution in [0.3, 0.4) is 0 Å². The van der Waals surface area contributed by atoms with Crippen LogP contribution >= 0.6 is 0 Å². The standard InChI is InChI=1S/C27H32FN3/c1-5-6-7-24-17-25(27(29)16-20(24)2)11-8-21(3)31-15-14-30(18-22(31)4)19-23-9-12-26(28)13-10-23/h5-13,16-17,22H,1,3,14-15,18-19,29H2,2,4H3/b7-6-,11-8+/t22-/m1/s1. The second-order valence-corrected chi connectivity index (χ2v) is 8.16. The fourth-order valence-corrected chi connectivity index (χ4v) is 3.99. The van der Waals surface area contributed by atoms with Gasteiger partial charge in [0, 0.05) is 43.6 Å². The molecule has 1 aliphatic heterocycles. The van der Waals surface area contributed by atoms with E-state index in [0.29, 0.717) is 6.04 Å². The van der Waals surface area contributed by atoms with Gasteiger partial charge in [-0.25, -0.2) is 4.39 Å². The van der Waals surface area contributed by atoms with Gasteiger partial charge in [-0.2, -0.15) is 0 Å². The number of piperazine rings is 1. The minimum Gasteiger partial charge on any atom is -0.398 e. The number of hydrogen-bond acceptors (Lipinski definition) is 3. The number of nitrogens with zero attached hydrogens (tertiary/aromatic N) is 2. The van der Waals surface area contributed by atoms with Crippen LogP contribution in [0.25, 0.3) is 12.2 Å². The van der Waals surface area contributed by atoms with E-state index in [9.17, 15) is 4.39 Å². The van der Waals surface area contributed by atoms with Crippen LogP contribution in [-0.4, -0.2) is 35.5 Å². The Balaban J connectivity index is 1.63. The van der Waals surface area contributed by atoms with Gasteiger partial charge in [-0.3, -0.25) is 4.90 Å². The summed E-state index contributed by atoms with van der Waals surface area (Å²) in [6, 6.07) is 11.2. The van der Waals surface area contributed by atoms with E-state index in [1.54, 1.807) is 6.08 Å². The first kappa shape index (κ1) is 22.6. The van der Waals surface area contributed by atoms with E-state index in [0.717, 1.165) is 59.8 Å². The third kappa shape index (κ3) is 5.96. The fraction of sp³-hybridized carbons (Fsp3) is 0.259. The Labute approximate surface area is 185 Å². The van der Waals surface area contributed by atoms with Crippen molar-refractivity contribution in [3.63, 3.8) is 0 Å². The van der Waals surface area contributed by atoms with Gasteiger partial charge in [0.2, 0.25) is 0 Å². The lowest BCUT2D eigenvalue weighted by Gasteiger charge is -2.41. The van der Waals surface area contributed by atoms with Gasteiger partial charge < -0.3 is 10.6 Å². The summed E-state index contributed by atoms with van der Waals surface area (Å²) in [5.41, 5.74) is 12.4. The fourth-order valence-electron chi connectivity index (χ4n) is 3.99. The van der Waals surface area contributed by atoms with E-state index in [4.69, 9.17) is 5.73 Å². The Bertz CT molecular complexity index is 988. The lowest BCUT2D eigenvalue weighted by atomic mass is 10.0. The summed E-state index contributed by atoms with van der Waals surface area (Å²) in [7, 11) is 0. The Morgan fingerprint density at radius 1 is 1.16 bits per heavy atom. The molecule has 1 fully saturated rings. The molecule has 2 N–H and O–H groups in total. The van der Waals surface area contributed by atoms with Gasteiger partial charge in [-0.15, -0.1) is 0 Å². The number of allylic oxidation sites excluding steroid dienone is 3. The number of nitrogens with two attached hydrogens (primary N) is 1. The molecule has 0 radical (unpaired) electrons. The van der Waals surface area contributed by atoms with Crippen LogP contribution in [0.15, 0.2) is 73.5 Å². The van der Waals surface area contributed by atoms with Crippen molar-refractivity contribution in [1.82, 2.24) is 9.80 Å². The molecule has 1 atom stereocenters. The van der Waals surface area contributed by atoms with E-state index in [1.807, 2.05) is 42.5 Å². The number of benzene rings is 2. The average molecular weight is 418 g/mol. The third-order valence-electron chi connectivity index (χ3n) is 5.74. The predicted octanol–water partition coefficient (Wildman–Crippen LogP) is 5.65. The maximum atomic E-state index is 13.1. The molecule has 2 aromatic carbocycles. The number of rotatable bonds is 7. The lowest BCUT2D eigenvalue weighted by Crippen LogP contribution is -2.50. The van der Waals surface area contributed by atoms with Crippen LogP contribution in [0.2, 0.25) is 0 Å². The Morgan fingerprint density at radius 2 is 1.90 bits per heavy atom. The van der Waals surface area contributed by atoms with Gasteiger partial charge in [0.1, 0.15) is 5.82 Å². The zero-order valence-corrected chi connectivity index (χ0v) is 18.5. The highest BCUT2D eigenvalue weighted by molar-refractivity contribution is 5.71. The minimum absolute atomic E-state index is 0.192. The summed E-state index contributed by atoms with van der Waals surface area (Å²) in [6.45, 7) is 15.9. The molecule has 0 aromatic heterocycles. The molecule has 31 heavy (non-hydrogen) atoms. The SMILES string of the molecule is C=C/C=C\c1cc(/C=C/C(=C)N2CCN(Cc3ccc(F)cc3)C[C@H]2C)c(N)cc1C. The molecule has 0 aliphatic carbocycles. The van der Waals surface area contributed by atoms with E-state index < -0.39 is 0 Å². The molecule has 1 heterocycles. The Kier molecular flexibility index (Phi) is 7.48. The smallest absolute Gasteiger partial charge is 0.123 e. The van der Waals surface area contributed by atoms with Gasteiger partial charge in [0.15, 0.2) is 0 Å².